The Balaban J connectivity index is 1.89. The number of ether oxygens (including phenoxy) is 1. The minimum absolute atomic E-state index is 0.0239. The molecule has 1 amide bonds. The van der Waals surface area contributed by atoms with E-state index in [9.17, 15) is 9.59 Å². The van der Waals surface area contributed by atoms with Gasteiger partial charge < -0.3 is 9.15 Å². The van der Waals surface area contributed by atoms with Crippen LogP contribution < -0.4 is 5.32 Å². The van der Waals surface area contributed by atoms with Crippen LogP contribution in [0.3, 0.4) is 0 Å². The molecule has 0 aliphatic carbocycles. The summed E-state index contributed by atoms with van der Waals surface area (Å²) in [7, 11) is 0. The van der Waals surface area contributed by atoms with Crippen molar-refractivity contribution in [1.29, 1.82) is 5.26 Å². The van der Waals surface area contributed by atoms with Gasteiger partial charge in [0.2, 0.25) is 11.6 Å². The lowest BCUT2D eigenvalue weighted by Gasteiger charge is -2.29. The summed E-state index contributed by atoms with van der Waals surface area (Å²) in [4.78, 5) is 26.5. The van der Waals surface area contributed by atoms with Crippen molar-refractivity contribution < 1.29 is 18.7 Å². The first-order chi connectivity index (χ1) is 13.3. The highest BCUT2D eigenvalue weighted by atomic mass is 16.5. The molecular weight excluding hydrogens is 358 g/mol. The highest BCUT2D eigenvalue weighted by Gasteiger charge is 2.17. The Morgan fingerprint density at radius 3 is 2.32 bits per heavy atom. The van der Waals surface area contributed by atoms with Gasteiger partial charge in [-0.1, -0.05) is 0 Å². The van der Waals surface area contributed by atoms with Crippen LogP contribution in [0.15, 0.2) is 40.8 Å². The zero-order chi connectivity index (χ0) is 20.7. The van der Waals surface area contributed by atoms with E-state index in [1.54, 1.807) is 24.3 Å². The number of furan rings is 1. The number of rotatable bonds is 8. The third-order valence-electron chi connectivity index (χ3n) is 4.23. The smallest absolute Gasteiger partial charge is 0.374 e. The van der Waals surface area contributed by atoms with Gasteiger partial charge in [-0.3, -0.25) is 15.0 Å². The molecule has 2 rings (SSSR count). The second kappa shape index (κ2) is 9.72. The summed E-state index contributed by atoms with van der Waals surface area (Å²) >= 11 is 0. The van der Waals surface area contributed by atoms with Gasteiger partial charge in [-0.2, -0.15) is 5.26 Å². The number of carbonyl (C=O) groups is 2. The normalized spacial score (nSPS) is 10.9. The first kappa shape index (κ1) is 21.2. The third-order valence-corrected chi connectivity index (χ3v) is 4.23. The molecule has 0 aliphatic rings. The van der Waals surface area contributed by atoms with E-state index in [0.29, 0.717) is 29.8 Å². The molecule has 0 bridgehead atoms. The van der Waals surface area contributed by atoms with Crippen LogP contribution in [0.4, 0.5) is 5.88 Å². The van der Waals surface area contributed by atoms with Crippen LogP contribution in [0.1, 0.15) is 54.2 Å². The number of esters is 1. The summed E-state index contributed by atoms with van der Waals surface area (Å²) in [5.41, 5.74) is 0.843. The number of carbonyl (C=O) groups excluding carboxylic acids is 2. The van der Waals surface area contributed by atoms with Crippen LogP contribution in [-0.2, 0) is 4.74 Å². The van der Waals surface area contributed by atoms with Crippen LogP contribution in [0.2, 0.25) is 0 Å². The minimum Gasteiger partial charge on any atom is -0.458 e. The fourth-order valence-corrected chi connectivity index (χ4v) is 2.82. The van der Waals surface area contributed by atoms with Crippen molar-refractivity contribution in [3.63, 3.8) is 0 Å². The van der Waals surface area contributed by atoms with Crippen LogP contribution in [0.25, 0.3) is 0 Å². The molecule has 7 heteroatoms. The van der Waals surface area contributed by atoms with E-state index in [1.165, 1.54) is 12.1 Å². The monoisotopic (exact) mass is 383 g/mol. The first-order valence-corrected chi connectivity index (χ1v) is 9.16. The van der Waals surface area contributed by atoms with Crippen molar-refractivity contribution in [3.8, 4) is 6.07 Å². The fraction of sp³-hybridized carbons (Fsp3) is 0.381. The number of anilines is 1. The number of benzene rings is 1. The maximum atomic E-state index is 12.2. The standard InChI is InChI=1S/C21H25N3O4/c1-14(2)24(15(3)4)11-12-27-21(26)18-9-10-19(28-18)23-20(25)17-7-5-16(13-22)6-8-17/h5-10,14-15H,11-12H2,1-4H3,(H,23,25). The third kappa shape index (κ3) is 5.69. The molecule has 0 aliphatic heterocycles. The van der Waals surface area contributed by atoms with E-state index in [-0.39, 0.29) is 18.3 Å². The molecule has 0 fully saturated rings. The molecule has 0 atom stereocenters. The average molecular weight is 383 g/mol. The number of hydrogen-bond donors (Lipinski definition) is 1. The zero-order valence-electron chi connectivity index (χ0n) is 16.6. The molecule has 1 aromatic heterocycles. The average Bonchev–Trinajstić information content (AvgIpc) is 3.13. The Hall–Kier alpha value is -3.11. The van der Waals surface area contributed by atoms with Crippen LogP contribution >= 0.6 is 0 Å². The molecule has 148 valence electrons. The van der Waals surface area contributed by atoms with Gasteiger partial charge in [-0.25, -0.2) is 4.79 Å². The molecule has 28 heavy (non-hydrogen) atoms. The van der Waals surface area contributed by atoms with E-state index < -0.39 is 11.9 Å². The van der Waals surface area contributed by atoms with Gasteiger partial charge in [0.05, 0.1) is 11.6 Å². The van der Waals surface area contributed by atoms with E-state index in [2.05, 4.69) is 37.9 Å². The van der Waals surface area contributed by atoms with Gasteiger partial charge in [0, 0.05) is 30.3 Å². The maximum Gasteiger partial charge on any atom is 0.374 e. The predicted molar refractivity (Wildman–Crippen MR) is 105 cm³/mol. The largest absolute Gasteiger partial charge is 0.458 e. The second-order valence-corrected chi connectivity index (χ2v) is 6.87. The highest BCUT2D eigenvalue weighted by molar-refractivity contribution is 6.03. The quantitative estimate of drug-likeness (QED) is 0.699. The molecule has 0 saturated carbocycles. The summed E-state index contributed by atoms with van der Waals surface area (Å²) < 4.78 is 10.6. The Kier molecular flexibility index (Phi) is 7.36. The van der Waals surface area contributed by atoms with Crippen molar-refractivity contribution in [2.45, 2.75) is 39.8 Å². The van der Waals surface area contributed by atoms with Gasteiger partial charge in [0.1, 0.15) is 6.61 Å². The first-order valence-electron chi connectivity index (χ1n) is 9.16. The number of hydrogen-bond acceptors (Lipinski definition) is 6. The van der Waals surface area contributed by atoms with Crippen LogP contribution in [0.5, 0.6) is 0 Å². The molecule has 1 heterocycles. The summed E-state index contributed by atoms with van der Waals surface area (Å²) in [5.74, 6) is -0.808. The number of amides is 1. The van der Waals surface area contributed by atoms with E-state index >= 15 is 0 Å². The Bertz CT molecular complexity index is 839. The molecular formula is C21H25N3O4. The van der Waals surface area contributed by atoms with Crippen molar-refractivity contribution in [3.05, 3.63) is 53.3 Å². The van der Waals surface area contributed by atoms with Crippen LogP contribution in [0, 0.1) is 11.3 Å². The molecule has 0 radical (unpaired) electrons. The van der Waals surface area contributed by atoms with Crippen molar-refractivity contribution in [1.82, 2.24) is 4.90 Å². The summed E-state index contributed by atoms with van der Waals surface area (Å²) in [6.07, 6.45) is 0. The number of nitriles is 1. The maximum absolute atomic E-state index is 12.2. The van der Waals surface area contributed by atoms with Crippen molar-refractivity contribution in [2.75, 3.05) is 18.5 Å². The van der Waals surface area contributed by atoms with E-state index in [0.717, 1.165) is 0 Å². The number of nitrogens with zero attached hydrogens (tertiary/aromatic N) is 2. The molecule has 0 saturated heterocycles. The summed E-state index contributed by atoms with van der Waals surface area (Å²) in [6.45, 7) is 9.26. The van der Waals surface area contributed by atoms with Gasteiger partial charge in [0.25, 0.3) is 5.91 Å². The lowest BCUT2D eigenvalue weighted by atomic mass is 10.1. The molecule has 7 nitrogen and oxygen atoms in total. The summed E-state index contributed by atoms with van der Waals surface area (Å²) in [6, 6.07) is 11.8. The SMILES string of the molecule is CC(C)N(CCOC(=O)c1ccc(NC(=O)c2ccc(C#N)cc2)o1)C(C)C. The van der Waals surface area contributed by atoms with Crippen molar-refractivity contribution >= 4 is 17.8 Å². The lowest BCUT2D eigenvalue weighted by molar-refractivity contribution is 0.0384. The topological polar surface area (TPSA) is 95.6 Å². The fourth-order valence-electron chi connectivity index (χ4n) is 2.82. The van der Waals surface area contributed by atoms with Gasteiger partial charge >= 0.3 is 5.97 Å². The van der Waals surface area contributed by atoms with Gasteiger partial charge in [-0.05, 0) is 58.0 Å². The lowest BCUT2D eigenvalue weighted by Crippen LogP contribution is -2.39. The Morgan fingerprint density at radius 1 is 1.11 bits per heavy atom. The van der Waals surface area contributed by atoms with Crippen molar-refractivity contribution in [2.24, 2.45) is 0 Å². The highest BCUT2D eigenvalue weighted by Crippen LogP contribution is 2.16. The van der Waals surface area contributed by atoms with E-state index in [4.69, 9.17) is 14.4 Å². The van der Waals surface area contributed by atoms with Crippen LogP contribution in [-0.4, -0.2) is 42.0 Å². The molecule has 2 aromatic rings. The predicted octanol–water partition coefficient (Wildman–Crippen LogP) is 3.68. The Labute approximate surface area is 164 Å². The van der Waals surface area contributed by atoms with Gasteiger partial charge in [-0.15, -0.1) is 0 Å². The number of nitrogens with one attached hydrogen (secondary N) is 1. The zero-order valence-corrected chi connectivity index (χ0v) is 16.6. The molecule has 0 spiro atoms. The van der Waals surface area contributed by atoms with Gasteiger partial charge in [0.15, 0.2) is 0 Å². The minimum atomic E-state index is -0.577. The molecule has 1 aromatic carbocycles. The molecule has 0 unspecified atom stereocenters. The molecule has 1 N–H and O–H groups in total. The summed E-state index contributed by atoms with van der Waals surface area (Å²) in [5, 5.41) is 11.4. The Morgan fingerprint density at radius 2 is 1.75 bits per heavy atom. The second-order valence-electron chi connectivity index (χ2n) is 6.87. The van der Waals surface area contributed by atoms with E-state index in [1.807, 2.05) is 6.07 Å².